The van der Waals surface area contributed by atoms with E-state index in [1.165, 1.54) is 0 Å². The molecular formula is C12H21F3N2O. The van der Waals surface area contributed by atoms with Gasteiger partial charge in [0.25, 0.3) is 0 Å². The van der Waals surface area contributed by atoms with Crippen LogP contribution in [0.3, 0.4) is 0 Å². The second-order valence-electron chi connectivity index (χ2n) is 4.89. The third-order valence-electron chi connectivity index (χ3n) is 3.44. The standard InChI is InChI=1S/C12H21F3N2O/c13-12(14,15)10-5-3-4-9(8-10)11(18)17-7-2-1-6-16/h9-10H,1-8,16H2,(H,17,18). The Bertz CT molecular complexity index is 269. The van der Waals surface area contributed by atoms with Crippen LogP contribution in [0.2, 0.25) is 0 Å². The third kappa shape index (κ3) is 4.84. The van der Waals surface area contributed by atoms with E-state index in [0.717, 1.165) is 12.8 Å². The molecule has 0 aromatic heterocycles. The zero-order chi connectivity index (χ0) is 13.6. The first-order valence-corrected chi connectivity index (χ1v) is 6.49. The molecule has 0 spiro atoms. The highest BCUT2D eigenvalue weighted by molar-refractivity contribution is 5.78. The number of hydrogen-bond acceptors (Lipinski definition) is 2. The Balaban J connectivity index is 2.34. The van der Waals surface area contributed by atoms with Gasteiger partial charge in [-0.3, -0.25) is 4.79 Å². The fourth-order valence-corrected chi connectivity index (χ4v) is 2.35. The van der Waals surface area contributed by atoms with E-state index in [2.05, 4.69) is 5.32 Å². The summed E-state index contributed by atoms with van der Waals surface area (Å²) in [7, 11) is 0. The number of carbonyl (C=O) groups is 1. The van der Waals surface area contributed by atoms with Gasteiger partial charge < -0.3 is 11.1 Å². The molecular weight excluding hydrogens is 245 g/mol. The van der Waals surface area contributed by atoms with Crippen molar-refractivity contribution in [3.05, 3.63) is 0 Å². The number of rotatable bonds is 5. The molecule has 6 heteroatoms. The number of nitrogens with one attached hydrogen (secondary N) is 1. The molecule has 1 aliphatic carbocycles. The summed E-state index contributed by atoms with van der Waals surface area (Å²) >= 11 is 0. The molecule has 1 saturated carbocycles. The Morgan fingerprint density at radius 1 is 1.28 bits per heavy atom. The normalized spacial score (nSPS) is 24.9. The van der Waals surface area contributed by atoms with Crippen molar-refractivity contribution in [2.24, 2.45) is 17.6 Å². The van der Waals surface area contributed by atoms with Gasteiger partial charge in [-0.15, -0.1) is 0 Å². The van der Waals surface area contributed by atoms with Gasteiger partial charge >= 0.3 is 6.18 Å². The summed E-state index contributed by atoms with van der Waals surface area (Å²) in [5, 5.41) is 2.70. The SMILES string of the molecule is NCCCCNC(=O)C1CCCC(C(F)(F)F)C1. The molecule has 0 aromatic carbocycles. The van der Waals surface area contributed by atoms with Crippen LogP contribution >= 0.6 is 0 Å². The Morgan fingerprint density at radius 3 is 2.61 bits per heavy atom. The molecule has 0 heterocycles. The summed E-state index contributed by atoms with van der Waals surface area (Å²) in [5.41, 5.74) is 5.32. The molecule has 1 rings (SSSR count). The maximum atomic E-state index is 12.6. The van der Waals surface area contributed by atoms with E-state index >= 15 is 0 Å². The smallest absolute Gasteiger partial charge is 0.356 e. The first-order chi connectivity index (χ1) is 8.45. The topological polar surface area (TPSA) is 55.1 Å². The zero-order valence-corrected chi connectivity index (χ0v) is 10.4. The second-order valence-corrected chi connectivity index (χ2v) is 4.89. The van der Waals surface area contributed by atoms with Gasteiger partial charge in [-0.05, 0) is 38.6 Å². The summed E-state index contributed by atoms with van der Waals surface area (Å²) in [6.07, 6.45) is -1.45. The van der Waals surface area contributed by atoms with E-state index < -0.39 is 18.0 Å². The average Bonchev–Trinajstić information content (AvgIpc) is 2.33. The molecule has 2 unspecified atom stereocenters. The van der Waals surface area contributed by atoms with E-state index in [4.69, 9.17) is 5.73 Å². The van der Waals surface area contributed by atoms with E-state index in [1.54, 1.807) is 0 Å². The van der Waals surface area contributed by atoms with Crippen molar-refractivity contribution < 1.29 is 18.0 Å². The quantitative estimate of drug-likeness (QED) is 0.750. The van der Waals surface area contributed by atoms with Crippen molar-refractivity contribution in [1.82, 2.24) is 5.32 Å². The number of unbranched alkanes of at least 4 members (excludes halogenated alkanes) is 1. The lowest BCUT2D eigenvalue weighted by Crippen LogP contribution is -2.37. The highest BCUT2D eigenvalue weighted by Gasteiger charge is 2.43. The van der Waals surface area contributed by atoms with Gasteiger partial charge in [0, 0.05) is 12.5 Å². The van der Waals surface area contributed by atoms with Crippen LogP contribution in [0, 0.1) is 11.8 Å². The Labute approximate surface area is 105 Å². The molecule has 0 bridgehead atoms. The van der Waals surface area contributed by atoms with Gasteiger partial charge in [-0.1, -0.05) is 6.42 Å². The predicted molar refractivity (Wildman–Crippen MR) is 62.8 cm³/mol. The van der Waals surface area contributed by atoms with Crippen molar-refractivity contribution in [1.29, 1.82) is 0 Å². The zero-order valence-electron chi connectivity index (χ0n) is 10.4. The lowest BCUT2D eigenvalue weighted by Gasteiger charge is -2.29. The maximum absolute atomic E-state index is 12.6. The summed E-state index contributed by atoms with van der Waals surface area (Å²) in [4.78, 5) is 11.7. The predicted octanol–water partition coefficient (Wildman–Crippen LogP) is 2.21. The van der Waals surface area contributed by atoms with Crippen LogP contribution in [-0.4, -0.2) is 25.2 Å². The number of nitrogens with two attached hydrogens (primary N) is 1. The second kappa shape index (κ2) is 6.97. The molecule has 0 radical (unpaired) electrons. The largest absolute Gasteiger partial charge is 0.391 e. The molecule has 2 atom stereocenters. The monoisotopic (exact) mass is 266 g/mol. The van der Waals surface area contributed by atoms with Crippen LogP contribution in [-0.2, 0) is 4.79 Å². The minimum Gasteiger partial charge on any atom is -0.356 e. The highest BCUT2D eigenvalue weighted by atomic mass is 19.4. The van der Waals surface area contributed by atoms with E-state index in [9.17, 15) is 18.0 Å². The average molecular weight is 266 g/mol. The van der Waals surface area contributed by atoms with Crippen LogP contribution in [0.15, 0.2) is 0 Å². The van der Waals surface area contributed by atoms with Gasteiger partial charge in [0.15, 0.2) is 0 Å². The molecule has 1 amide bonds. The number of carbonyl (C=O) groups excluding carboxylic acids is 1. The first-order valence-electron chi connectivity index (χ1n) is 6.49. The van der Waals surface area contributed by atoms with Crippen LogP contribution in [0.5, 0.6) is 0 Å². The number of hydrogen-bond donors (Lipinski definition) is 2. The number of halogens is 3. The molecule has 0 aliphatic heterocycles. The van der Waals surface area contributed by atoms with Crippen LogP contribution in [0.4, 0.5) is 13.2 Å². The van der Waals surface area contributed by atoms with Gasteiger partial charge in [-0.2, -0.15) is 13.2 Å². The molecule has 3 nitrogen and oxygen atoms in total. The van der Waals surface area contributed by atoms with Gasteiger partial charge in [0.2, 0.25) is 5.91 Å². The summed E-state index contributed by atoms with van der Waals surface area (Å²) < 4.78 is 37.8. The van der Waals surface area contributed by atoms with Gasteiger partial charge in [0.05, 0.1) is 5.92 Å². The van der Waals surface area contributed by atoms with Crippen LogP contribution < -0.4 is 11.1 Å². The van der Waals surface area contributed by atoms with E-state index in [-0.39, 0.29) is 18.7 Å². The molecule has 106 valence electrons. The number of alkyl halides is 3. The molecule has 0 aromatic rings. The summed E-state index contributed by atoms with van der Waals surface area (Å²) in [5.74, 6) is -2.03. The molecule has 1 aliphatic rings. The Hall–Kier alpha value is -0.780. The first kappa shape index (κ1) is 15.3. The molecule has 1 fully saturated rings. The fourth-order valence-electron chi connectivity index (χ4n) is 2.35. The van der Waals surface area contributed by atoms with Crippen molar-refractivity contribution in [3.8, 4) is 0 Å². The van der Waals surface area contributed by atoms with Crippen molar-refractivity contribution in [2.75, 3.05) is 13.1 Å². The minimum absolute atomic E-state index is 0.0633. The Morgan fingerprint density at radius 2 is 2.00 bits per heavy atom. The fraction of sp³-hybridized carbons (Fsp3) is 0.917. The molecule has 3 N–H and O–H groups in total. The molecule has 18 heavy (non-hydrogen) atoms. The highest BCUT2D eigenvalue weighted by Crippen LogP contribution is 2.39. The minimum atomic E-state index is -4.17. The van der Waals surface area contributed by atoms with E-state index in [0.29, 0.717) is 25.9 Å². The lowest BCUT2D eigenvalue weighted by atomic mass is 9.80. The van der Waals surface area contributed by atoms with Gasteiger partial charge in [-0.25, -0.2) is 0 Å². The van der Waals surface area contributed by atoms with Crippen molar-refractivity contribution in [2.45, 2.75) is 44.7 Å². The van der Waals surface area contributed by atoms with Crippen LogP contribution in [0.1, 0.15) is 38.5 Å². The maximum Gasteiger partial charge on any atom is 0.391 e. The van der Waals surface area contributed by atoms with E-state index in [1.807, 2.05) is 0 Å². The van der Waals surface area contributed by atoms with Crippen molar-refractivity contribution >= 4 is 5.91 Å². The third-order valence-corrected chi connectivity index (χ3v) is 3.44. The summed E-state index contributed by atoms with van der Waals surface area (Å²) in [6, 6.07) is 0. The van der Waals surface area contributed by atoms with Gasteiger partial charge in [0.1, 0.15) is 0 Å². The molecule has 0 saturated heterocycles. The number of amides is 1. The Kier molecular flexibility index (Phi) is 5.91. The summed E-state index contributed by atoms with van der Waals surface area (Å²) in [6.45, 7) is 1.07. The van der Waals surface area contributed by atoms with Crippen molar-refractivity contribution in [3.63, 3.8) is 0 Å². The lowest BCUT2D eigenvalue weighted by molar-refractivity contribution is -0.186. The van der Waals surface area contributed by atoms with Crippen LogP contribution in [0.25, 0.3) is 0 Å².